The molecule has 23 heavy (non-hydrogen) atoms. The van der Waals surface area contributed by atoms with E-state index in [9.17, 15) is 15.3 Å². The van der Waals surface area contributed by atoms with Crippen LogP contribution < -0.4 is 16.8 Å². The van der Waals surface area contributed by atoms with Crippen LogP contribution in [0.4, 0.5) is 5.82 Å². The minimum Gasteiger partial charge on any atom is -0.409 e. The lowest BCUT2D eigenvalue weighted by molar-refractivity contribution is 0.0189. The van der Waals surface area contributed by atoms with Crippen molar-refractivity contribution < 1.29 is 20.5 Å². The highest BCUT2D eigenvalue weighted by atomic mass is 16.4. The van der Waals surface area contributed by atoms with E-state index in [1.165, 1.54) is 16.9 Å². The van der Waals surface area contributed by atoms with Crippen molar-refractivity contribution in [3.8, 4) is 0 Å². The van der Waals surface area contributed by atoms with Crippen LogP contribution in [0.3, 0.4) is 0 Å². The number of hydrogen-bond acceptors (Lipinski definition) is 9. The van der Waals surface area contributed by atoms with E-state index in [0.29, 0.717) is 11.2 Å². The molecular weight excluding hydrogens is 306 g/mol. The number of nitrogen functional groups attached to an aromatic ring is 1. The van der Waals surface area contributed by atoms with Crippen molar-refractivity contribution in [2.45, 2.75) is 24.3 Å². The Morgan fingerprint density at radius 1 is 1.39 bits per heavy atom. The van der Waals surface area contributed by atoms with Crippen LogP contribution in [0.25, 0.3) is 5.52 Å². The molecule has 2 aromatic rings. The highest BCUT2D eigenvalue weighted by molar-refractivity contribution is 6.05. The molecule has 3 heterocycles. The molecule has 1 aliphatic heterocycles. The van der Waals surface area contributed by atoms with Crippen LogP contribution in [-0.4, -0.2) is 65.8 Å². The lowest BCUT2D eigenvalue weighted by atomic mass is 10.1. The van der Waals surface area contributed by atoms with Crippen LogP contribution in [-0.2, 0) is 0 Å². The topological polar surface area (TPSA) is 188 Å². The van der Waals surface area contributed by atoms with Gasteiger partial charge in [-0.1, -0.05) is 5.16 Å². The zero-order chi connectivity index (χ0) is 16.7. The average molecular weight is 323 g/mol. The summed E-state index contributed by atoms with van der Waals surface area (Å²) in [6.45, 7) is -0.345. The molecule has 0 amide bonds. The molecule has 11 heteroatoms. The van der Waals surface area contributed by atoms with Crippen LogP contribution in [0.5, 0.6) is 0 Å². The van der Waals surface area contributed by atoms with Crippen molar-refractivity contribution in [3.63, 3.8) is 0 Å². The molecule has 0 aliphatic carbocycles. The predicted octanol–water partition coefficient (Wildman–Crippen LogP) is -2.87. The first-order valence-electron chi connectivity index (χ1n) is 6.82. The van der Waals surface area contributed by atoms with Crippen molar-refractivity contribution in [1.29, 1.82) is 0 Å². The zero-order valence-corrected chi connectivity index (χ0v) is 11.9. The lowest BCUT2D eigenvalue weighted by Gasteiger charge is -2.15. The third-order valence-electron chi connectivity index (χ3n) is 4.01. The summed E-state index contributed by atoms with van der Waals surface area (Å²) in [6.07, 6.45) is -1.10. The molecule has 0 unspecified atom stereocenters. The third kappa shape index (κ3) is 2.26. The fourth-order valence-corrected chi connectivity index (χ4v) is 2.85. The van der Waals surface area contributed by atoms with Crippen LogP contribution in [0, 0.1) is 0 Å². The molecule has 1 saturated heterocycles. The Hall–Kier alpha value is -2.47. The Kier molecular flexibility index (Phi) is 3.77. The molecule has 0 bridgehead atoms. The SMILES string of the molecule is N/C(=N\O)c1cc([C@@H]2N[C@H](CO)[C@@H](O)[C@H]2O)n2ncnc(N)c12. The van der Waals surface area contributed by atoms with E-state index in [0.717, 1.165) is 0 Å². The van der Waals surface area contributed by atoms with Crippen LogP contribution in [0.2, 0.25) is 0 Å². The first-order chi connectivity index (χ1) is 11.0. The van der Waals surface area contributed by atoms with Gasteiger partial charge < -0.3 is 32.0 Å². The van der Waals surface area contributed by atoms with E-state index in [1.54, 1.807) is 0 Å². The molecule has 0 aromatic carbocycles. The Morgan fingerprint density at radius 3 is 2.74 bits per heavy atom. The van der Waals surface area contributed by atoms with Gasteiger partial charge in [-0.05, 0) is 6.07 Å². The number of hydrogen-bond donors (Lipinski definition) is 7. The number of aliphatic hydroxyl groups is 3. The molecule has 2 aromatic heterocycles. The van der Waals surface area contributed by atoms with Gasteiger partial charge in [-0.15, -0.1) is 0 Å². The van der Waals surface area contributed by atoms with Crippen molar-refractivity contribution in [3.05, 3.63) is 23.7 Å². The molecular formula is C12H17N7O4. The minimum atomic E-state index is -1.18. The monoisotopic (exact) mass is 323 g/mol. The number of amidine groups is 1. The quantitative estimate of drug-likeness (QED) is 0.135. The van der Waals surface area contributed by atoms with Gasteiger partial charge in [0.25, 0.3) is 0 Å². The maximum absolute atomic E-state index is 10.2. The Bertz CT molecular complexity index is 761. The van der Waals surface area contributed by atoms with E-state index >= 15 is 0 Å². The third-order valence-corrected chi connectivity index (χ3v) is 4.01. The Balaban J connectivity index is 2.18. The summed E-state index contributed by atoms with van der Waals surface area (Å²) in [5.41, 5.74) is 12.5. The largest absolute Gasteiger partial charge is 0.409 e. The molecule has 1 fully saturated rings. The average Bonchev–Trinajstić information content (AvgIpc) is 3.07. The number of nitrogens with one attached hydrogen (secondary N) is 1. The summed E-state index contributed by atoms with van der Waals surface area (Å²) in [7, 11) is 0. The maximum Gasteiger partial charge on any atom is 0.172 e. The number of aliphatic hydroxyl groups excluding tert-OH is 3. The van der Waals surface area contributed by atoms with Crippen molar-refractivity contribution >= 4 is 17.2 Å². The first-order valence-corrected chi connectivity index (χ1v) is 6.82. The zero-order valence-electron chi connectivity index (χ0n) is 11.9. The second kappa shape index (κ2) is 5.62. The normalized spacial score (nSPS) is 28.6. The van der Waals surface area contributed by atoms with Gasteiger partial charge >= 0.3 is 0 Å². The molecule has 1 aliphatic rings. The summed E-state index contributed by atoms with van der Waals surface area (Å²) in [5.74, 6) is -0.0819. The number of rotatable bonds is 3. The molecule has 0 spiro atoms. The van der Waals surface area contributed by atoms with Gasteiger partial charge in [0.05, 0.1) is 36.1 Å². The number of fused-ring (bicyclic) bond motifs is 1. The van der Waals surface area contributed by atoms with E-state index in [2.05, 4.69) is 20.6 Å². The highest BCUT2D eigenvalue weighted by Crippen LogP contribution is 2.31. The minimum absolute atomic E-state index is 0.111. The van der Waals surface area contributed by atoms with E-state index < -0.39 is 24.3 Å². The van der Waals surface area contributed by atoms with Gasteiger partial charge in [-0.3, -0.25) is 5.32 Å². The number of oxime groups is 1. The second-order valence-electron chi connectivity index (χ2n) is 5.29. The van der Waals surface area contributed by atoms with Gasteiger partial charge in [0.2, 0.25) is 0 Å². The van der Waals surface area contributed by atoms with Crippen molar-refractivity contribution in [1.82, 2.24) is 19.9 Å². The molecule has 4 atom stereocenters. The Labute approximate surface area is 129 Å². The lowest BCUT2D eigenvalue weighted by Crippen LogP contribution is -2.35. The molecule has 9 N–H and O–H groups in total. The standard InChI is InChI=1S/C12H17N7O4/c13-11(18-23)4-1-6(19-8(4)12(14)15-3-16-19)7-10(22)9(21)5(2-20)17-7/h1,3,5,7,9-10,17,20-23H,2H2,(H2,13,18)(H2,14,15,16)/t5-,7+,9-,10+/m1/s1. The van der Waals surface area contributed by atoms with Gasteiger partial charge in [-0.2, -0.15) is 5.10 Å². The van der Waals surface area contributed by atoms with Crippen molar-refractivity contribution in [2.75, 3.05) is 12.3 Å². The summed E-state index contributed by atoms with van der Waals surface area (Å²) < 4.78 is 1.39. The van der Waals surface area contributed by atoms with Crippen LogP contribution >= 0.6 is 0 Å². The molecule has 124 valence electrons. The highest BCUT2D eigenvalue weighted by Gasteiger charge is 2.43. The van der Waals surface area contributed by atoms with Gasteiger partial charge in [0.1, 0.15) is 17.9 Å². The number of aromatic nitrogens is 3. The van der Waals surface area contributed by atoms with E-state index in [1.807, 2.05) is 0 Å². The molecule has 3 rings (SSSR count). The summed E-state index contributed by atoms with van der Waals surface area (Å²) in [4.78, 5) is 3.87. The second-order valence-corrected chi connectivity index (χ2v) is 5.29. The van der Waals surface area contributed by atoms with E-state index in [-0.39, 0.29) is 23.8 Å². The van der Waals surface area contributed by atoms with E-state index in [4.69, 9.17) is 16.7 Å². The molecule has 0 radical (unpaired) electrons. The van der Waals surface area contributed by atoms with Gasteiger partial charge in [0.15, 0.2) is 11.7 Å². The molecule has 11 nitrogen and oxygen atoms in total. The smallest absolute Gasteiger partial charge is 0.172 e. The van der Waals surface area contributed by atoms with Crippen LogP contribution in [0.1, 0.15) is 17.3 Å². The van der Waals surface area contributed by atoms with Crippen LogP contribution in [0.15, 0.2) is 17.5 Å². The van der Waals surface area contributed by atoms with Gasteiger partial charge in [-0.25, -0.2) is 9.50 Å². The summed E-state index contributed by atoms with van der Waals surface area (Å²) >= 11 is 0. The Morgan fingerprint density at radius 2 is 2.13 bits per heavy atom. The predicted molar refractivity (Wildman–Crippen MR) is 78.7 cm³/mol. The van der Waals surface area contributed by atoms with Gasteiger partial charge in [0, 0.05) is 0 Å². The summed E-state index contributed by atoms with van der Waals surface area (Å²) in [6, 6.07) is 0.110. The number of nitrogens with zero attached hydrogens (tertiary/aromatic N) is 4. The fourth-order valence-electron chi connectivity index (χ4n) is 2.85. The summed E-state index contributed by atoms with van der Waals surface area (Å²) in [5, 5.41) is 48.3. The maximum atomic E-state index is 10.2. The first kappa shape index (κ1) is 15.4. The van der Waals surface area contributed by atoms with Crippen molar-refractivity contribution in [2.24, 2.45) is 10.9 Å². The number of anilines is 1. The number of nitrogens with two attached hydrogens (primary N) is 2. The molecule has 0 saturated carbocycles. The fraction of sp³-hybridized carbons (Fsp3) is 0.417.